The molecule has 0 unspecified atom stereocenters. The van der Waals surface area contributed by atoms with E-state index < -0.39 is 0 Å². The first-order valence-electron chi connectivity index (χ1n) is 13.4. The van der Waals surface area contributed by atoms with Crippen LogP contribution in [0.25, 0.3) is 34.2 Å². The Bertz CT molecular complexity index is 1240. The summed E-state index contributed by atoms with van der Waals surface area (Å²) in [5.74, 6) is 2.10. The van der Waals surface area contributed by atoms with Crippen LogP contribution >= 0.6 is 0 Å². The van der Waals surface area contributed by atoms with Crippen molar-refractivity contribution in [1.29, 1.82) is 0 Å². The van der Waals surface area contributed by atoms with Crippen LogP contribution in [0.4, 0.5) is 0 Å². The van der Waals surface area contributed by atoms with Gasteiger partial charge in [0.05, 0.1) is 12.2 Å². The fourth-order valence-corrected chi connectivity index (χ4v) is 4.20. The molecule has 3 aromatic carbocycles. The largest absolute Gasteiger partial charge is 0.507 e. The van der Waals surface area contributed by atoms with Crippen LogP contribution < -0.4 is 16.2 Å². The molecule has 0 amide bonds. The Morgan fingerprint density at radius 2 is 1.18 bits per heavy atom. The second-order valence-electron chi connectivity index (χ2n) is 9.40. The average Bonchev–Trinajstić information content (AvgIpc) is 2.96. The van der Waals surface area contributed by atoms with E-state index in [9.17, 15) is 5.11 Å². The average molecular weight is 512 g/mol. The molecule has 0 atom stereocenters. The van der Waals surface area contributed by atoms with Crippen molar-refractivity contribution >= 4 is 0 Å². The van der Waals surface area contributed by atoms with E-state index >= 15 is 0 Å². The SMILES string of the molecule is CCCCCCCCOc1ccc(-c2nc(-c3ccc(CN)cc3)nc(-c3ccc(CN)cc3)n2)c(O)c1. The van der Waals surface area contributed by atoms with E-state index in [0.717, 1.165) is 35.1 Å². The lowest BCUT2D eigenvalue weighted by molar-refractivity contribution is 0.303. The summed E-state index contributed by atoms with van der Waals surface area (Å²) in [6.07, 6.45) is 7.19. The number of unbranched alkanes of at least 4 members (excludes halogenated alkanes) is 5. The molecule has 0 bridgehead atoms. The molecule has 1 aromatic heterocycles. The molecule has 0 spiro atoms. The van der Waals surface area contributed by atoms with Gasteiger partial charge in [-0.25, -0.2) is 15.0 Å². The highest BCUT2D eigenvalue weighted by atomic mass is 16.5. The first kappa shape index (κ1) is 27.2. The Balaban J connectivity index is 1.60. The van der Waals surface area contributed by atoms with Crippen LogP contribution in [0.1, 0.15) is 56.6 Å². The molecule has 0 aliphatic rings. The molecule has 0 aliphatic heterocycles. The van der Waals surface area contributed by atoms with Gasteiger partial charge in [0.15, 0.2) is 17.5 Å². The van der Waals surface area contributed by atoms with Crippen LogP contribution in [-0.4, -0.2) is 26.7 Å². The van der Waals surface area contributed by atoms with Crippen molar-refractivity contribution in [2.24, 2.45) is 11.5 Å². The van der Waals surface area contributed by atoms with Crippen molar-refractivity contribution in [2.45, 2.75) is 58.5 Å². The highest BCUT2D eigenvalue weighted by Crippen LogP contribution is 2.33. The van der Waals surface area contributed by atoms with Crippen LogP contribution in [0.2, 0.25) is 0 Å². The van der Waals surface area contributed by atoms with Gasteiger partial charge in [0, 0.05) is 30.3 Å². The van der Waals surface area contributed by atoms with Gasteiger partial charge in [0.1, 0.15) is 11.5 Å². The molecule has 0 aliphatic carbocycles. The quantitative estimate of drug-likeness (QED) is 0.182. The Labute approximate surface area is 224 Å². The Morgan fingerprint density at radius 3 is 1.71 bits per heavy atom. The van der Waals surface area contributed by atoms with Gasteiger partial charge in [0.25, 0.3) is 0 Å². The Kier molecular flexibility index (Phi) is 9.78. The van der Waals surface area contributed by atoms with Gasteiger partial charge in [0.2, 0.25) is 0 Å². The number of phenolic OH excluding ortho intramolecular Hbond substituents is 1. The second-order valence-corrected chi connectivity index (χ2v) is 9.40. The monoisotopic (exact) mass is 511 g/mol. The van der Waals surface area contributed by atoms with E-state index in [2.05, 4.69) is 6.92 Å². The van der Waals surface area contributed by atoms with E-state index in [4.69, 9.17) is 31.2 Å². The molecular weight excluding hydrogens is 474 g/mol. The predicted octanol–water partition coefficient (Wildman–Crippen LogP) is 6.23. The summed E-state index contributed by atoms with van der Waals surface area (Å²) < 4.78 is 5.88. The molecule has 1 heterocycles. The van der Waals surface area contributed by atoms with E-state index in [1.165, 1.54) is 25.7 Å². The van der Waals surface area contributed by atoms with E-state index in [1.807, 2.05) is 54.6 Å². The van der Waals surface area contributed by atoms with Crippen LogP contribution in [0.15, 0.2) is 66.7 Å². The number of hydrogen-bond donors (Lipinski definition) is 3. The summed E-state index contributed by atoms with van der Waals surface area (Å²) >= 11 is 0. The second kappa shape index (κ2) is 13.7. The van der Waals surface area contributed by atoms with Crippen molar-refractivity contribution < 1.29 is 9.84 Å². The third-order valence-electron chi connectivity index (χ3n) is 6.51. The molecule has 4 rings (SSSR count). The zero-order valence-corrected chi connectivity index (χ0v) is 22.1. The first-order valence-corrected chi connectivity index (χ1v) is 13.4. The van der Waals surface area contributed by atoms with Gasteiger partial charge in [-0.3, -0.25) is 0 Å². The third-order valence-corrected chi connectivity index (χ3v) is 6.51. The molecule has 7 nitrogen and oxygen atoms in total. The lowest BCUT2D eigenvalue weighted by atomic mass is 10.1. The molecule has 0 radical (unpaired) electrons. The number of ether oxygens (including phenoxy) is 1. The van der Waals surface area contributed by atoms with E-state index in [-0.39, 0.29) is 5.75 Å². The summed E-state index contributed by atoms with van der Waals surface area (Å²) in [7, 11) is 0. The van der Waals surface area contributed by atoms with E-state index in [0.29, 0.717) is 48.5 Å². The van der Waals surface area contributed by atoms with Crippen molar-refractivity contribution in [3.63, 3.8) is 0 Å². The van der Waals surface area contributed by atoms with Gasteiger partial charge in [-0.1, -0.05) is 87.6 Å². The maximum Gasteiger partial charge on any atom is 0.167 e. The topological polar surface area (TPSA) is 120 Å². The Hall–Kier alpha value is -3.81. The first-order chi connectivity index (χ1) is 18.6. The maximum absolute atomic E-state index is 10.9. The Morgan fingerprint density at radius 1 is 0.658 bits per heavy atom. The van der Waals surface area contributed by atoms with Gasteiger partial charge in [-0.05, 0) is 29.7 Å². The smallest absolute Gasteiger partial charge is 0.167 e. The van der Waals surface area contributed by atoms with Gasteiger partial charge >= 0.3 is 0 Å². The number of aromatic hydroxyl groups is 1. The lowest BCUT2D eigenvalue weighted by Gasteiger charge is -2.11. The summed E-state index contributed by atoms with van der Waals surface area (Å²) in [4.78, 5) is 14.2. The van der Waals surface area contributed by atoms with Crippen LogP contribution in [0.5, 0.6) is 11.5 Å². The summed E-state index contributed by atoms with van der Waals surface area (Å²) in [5, 5.41) is 10.9. The number of nitrogens with two attached hydrogens (primary N) is 2. The highest BCUT2D eigenvalue weighted by Gasteiger charge is 2.15. The molecule has 4 aromatic rings. The van der Waals surface area contributed by atoms with Crippen molar-refractivity contribution in [3.05, 3.63) is 77.9 Å². The minimum atomic E-state index is 0.0607. The third kappa shape index (κ3) is 7.15. The zero-order chi connectivity index (χ0) is 26.7. The standard InChI is InChI=1S/C31H37N5O2/c1-2-3-4-5-6-7-18-38-26-16-17-27(28(37)19-26)31-35-29(24-12-8-22(20-32)9-13-24)34-30(36-31)25-14-10-23(21-33)11-15-25/h8-17,19,37H,2-7,18,20-21,32-33H2,1H3. The maximum atomic E-state index is 10.9. The molecule has 0 saturated heterocycles. The van der Waals surface area contributed by atoms with Crippen LogP contribution in [0, 0.1) is 0 Å². The summed E-state index contributed by atoms with van der Waals surface area (Å²) in [6.45, 7) is 3.77. The molecule has 0 saturated carbocycles. The lowest BCUT2D eigenvalue weighted by Crippen LogP contribution is -2.02. The number of phenols is 1. The van der Waals surface area contributed by atoms with E-state index in [1.54, 1.807) is 12.1 Å². The predicted molar refractivity (Wildman–Crippen MR) is 152 cm³/mol. The molecular formula is C31H37N5O2. The zero-order valence-electron chi connectivity index (χ0n) is 22.1. The minimum absolute atomic E-state index is 0.0607. The summed E-state index contributed by atoms with van der Waals surface area (Å²) in [6, 6.07) is 20.9. The molecule has 0 fully saturated rings. The normalized spacial score (nSPS) is 11.0. The van der Waals surface area contributed by atoms with Crippen molar-refractivity contribution in [1.82, 2.24) is 15.0 Å². The van der Waals surface area contributed by atoms with Crippen LogP contribution in [0.3, 0.4) is 0 Å². The molecule has 7 heteroatoms. The minimum Gasteiger partial charge on any atom is -0.507 e. The van der Waals surface area contributed by atoms with Crippen molar-refractivity contribution in [2.75, 3.05) is 6.61 Å². The van der Waals surface area contributed by atoms with Crippen molar-refractivity contribution in [3.8, 4) is 45.7 Å². The highest BCUT2D eigenvalue weighted by molar-refractivity contribution is 5.70. The van der Waals surface area contributed by atoms with Gasteiger partial charge < -0.3 is 21.3 Å². The summed E-state index contributed by atoms with van der Waals surface area (Å²) in [5.41, 5.74) is 15.8. The van der Waals surface area contributed by atoms with Gasteiger partial charge in [-0.2, -0.15) is 0 Å². The number of nitrogens with zero attached hydrogens (tertiary/aromatic N) is 3. The van der Waals surface area contributed by atoms with Crippen LogP contribution in [-0.2, 0) is 13.1 Å². The number of benzene rings is 3. The number of aromatic nitrogens is 3. The molecule has 5 N–H and O–H groups in total. The fourth-order valence-electron chi connectivity index (χ4n) is 4.20. The molecule has 38 heavy (non-hydrogen) atoms. The number of rotatable bonds is 13. The fraction of sp³-hybridized carbons (Fsp3) is 0.323. The molecule has 198 valence electrons. The number of hydrogen-bond acceptors (Lipinski definition) is 7. The van der Waals surface area contributed by atoms with Gasteiger partial charge in [-0.15, -0.1) is 0 Å².